The fraction of sp³-hybridized carbons (Fsp3) is 0.500. The van der Waals surface area contributed by atoms with Gasteiger partial charge in [0.15, 0.2) is 15.7 Å². The minimum absolute atomic E-state index is 0.0511. The molecule has 2 aromatic rings. The molecule has 0 radical (unpaired) electrons. The van der Waals surface area contributed by atoms with E-state index in [0.29, 0.717) is 22.8 Å². The summed E-state index contributed by atoms with van der Waals surface area (Å²) in [5.74, 6) is 1.06. The van der Waals surface area contributed by atoms with E-state index in [-0.39, 0.29) is 29.9 Å². The van der Waals surface area contributed by atoms with Crippen molar-refractivity contribution in [2.45, 2.75) is 62.5 Å². The van der Waals surface area contributed by atoms with Crippen LogP contribution in [0.3, 0.4) is 0 Å². The first-order valence-electron chi connectivity index (χ1n) is 9.95. The molecule has 2 atom stereocenters. The van der Waals surface area contributed by atoms with Crippen LogP contribution in [-0.2, 0) is 21.0 Å². The number of hydrogen-bond donors (Lipinski definition) is 3. The number of anilines is 2. The van der Waals surface area contributed by atoms with Gasteiger partial charge in [0.05, 0.1) is 10.6 Å². The first-order valence-corrected chi connectivity index (χ1v) is 11.6. The number of nitrogens with zero attached hydrogens (tertiary/aromatic N) is 1. The number of H-pyrrole nitrogens is 1. The third-order valence-electron chi connectivity index (χ3n) is 5.42. The Balaban J connectivity index is 1.38. The topological polar surface area (TPSA) is 113 Å². The van der Waals surface area contributed by atoms with Crippen molar-refractivity contribution < 1.29 is 17.9 Å². The molecule has 1 aliphatic carbocycles. The van der Waals surface area contributed by atoms with Gasteiger partial charge < -0.3 is 15.4 Å². The van der Waals surface area contributed by atoms with Crippen molar-refractivity contribution in [2.24, 2.45) is 0 Å². The van der Waals surface area contributed by atoms with Gasteiger partial charge in [0.25, 0.3) is 0 Å². The summed E-state index contributed by atoms with van der Waals surface area (Å²) in [6.07, 6.45) is 2.60. The maximum atomic E-state index is 12.1. The van der Waals surface area contributed by atoms with Crippen LogP contribution >= 0.6 is 0 Å². The highest BCUT2D eigenvalue weighted by atomic mass is 32.2. The second-order valence-corrected chi connectivity index (χ2v) is 10.1. The summed E-state index contributed by atoms with van der Waals surface area (Å²) in [6, 6.07) is 7.40. The van der Waals surface area contributed by atoms with Gasteiger partial charge in [0.2, 0.25) is 0 Å². The average Bonchev–Trinajstić information content (AvgIpc) is 3.35. The molecule has 1 aromatic carbocycles. The number of aromatic nitrogens is 2. The highest BCUT2D eigenvalue weighted by Gasteiger charge is 2.30. The number of aryl methyl sites for hydroxylation is 1. The SMILES string of the molecule is CC(C)NC(=O)O[C@H]1CC[C@@H](c2cc(Nc3ccc4c(c3)S(=O)(=O)CC4)n[nH]2)C1. The van der Waals surface area contributed by atoms with E-state index in [4.69, 9.17) is 4.74 Å². The van der Waals surface area contributed by atoms with Gasteiger partial charge in [-0.3, -0.25) is 5.10 Å². The number of carbonyl (C=O) groups excluding carboxylic acids is 1. The van der Waals surface area contributed by atoms with Gasteiger partial charge in [0, 0.05) is 29.4 Å². The largest absolute Gasteiger partial charge is 0.446 e. The normalized spacial score (nSPS) is 22.4. The standard InChI is InChI=1S/C20H26N4O4S/c1-12(2)21-20(25)28-16-6-4-14(9-16)17-11-19(24-23-17)22-15-5-3-13-7-8-29(26,27)18(13)10-15/h3,5,10-12,14,16H,4,6-9H2,1-2H3,(H,21,25)(H2,22,23,24)/t14-,16+/m1/s1. The first-order chi connectivity index (χ1) is 13.8. The monoisotopic (exact) mass is 418 g/mol. The fourth-order valence-electron chi connectivity index (χ4n) is 3.99. The van der Waals surface area contributed by atoms with Gasteiger partial charge in [-0.1, -0.05) is 6.07 Å². The van der Waals surface area contributed by atoms with E-state index in [2.05, 4.69) is 20.8 Å². The maximum Gasteiger partial charge on any atom is 0.407 e. The number of sulfone groups is 1. The van der Waals surface area contributed by atoms with E-state index >= 15 is 0 Å². The van der Waals surface area contributed by atoms with E-state index in [1.165, 1.54) is 0 Å². The Labute approximate surface area is 170 Å². The van der Waals surface area contributed by atoms with Crippen LogP contribution in [0.2, 0.25) is 0 Å². The molecule has 4 rings (SSSR count). The van der Waals surface area contributed by atoms with Crippen LogP contribution in [0.15, 0.2) is 29.2 Å². The quantitative estimate of drug-likeness (QED) is 0.687. The lowest BCUT2D eigenvalue weighted by molar-refractivity contribution is 0.0981. The van der Waals surface area contributed by atoms with Crippen LogP contribution in [0.4, 0.5) is 16.3 Å². The molecule has 9 heteroatoms. The lowest BCUT2D eigenvalue weighted by Gasteiger charge is -2.14. The van der Waals surface area contributed by atoms with Crippen LogP contribution < -0.4 is 10.6 Å². The molecule has 2 aliphatic rings. The number of aromatic amines is 1. The number of fused-ring (bicyclic) bond motifs is 1. The number of alkyl carbamates (subject to hydrolysis) is 1. The number of amides is 1. The summed E-state index contributed by atoms with van der Waals surface area (Å²) in [5.41, 5.74) is 2.55. The molecule has 0 bridgehead atoms. The fourth-order valence-corrected chi connectivity index (χ4v) is 5.58. The zero-order valence-electron chi connectivity index (χ0n) is 16.6. The molecule has 1 saturated carbocycles. The molecular formula is C20H26N4O4S. The molecule has 8 nitrogen and oxygen atoms in total. The van der Waals surface area contributed by atoms with Crippen LogP contribution in [-0.4, -0.2) is 42.6 Å². The van der Waals surface area contributed by atoms with E-state index in [9.17, 15) is 13.2 Å². The van der Waals surface area contributed by atoms with Gasteiger partial charge in [-0.2, -0.15) is 5.10 Å². The molecule has 1 aromatic heterocycles. The second-order valence-electron chi connectivity index (χ2n) is 8.06. The Morgan fingerprint density at radius 1 is 1.28 bits per heavy atom. The Kier molecular flexibility index (Phi) is 5.24. The van der Waals surface area contributed by atoms with E-state index in [0.717, 1.165) is 30.5 Å². The lowest BCUT2D eigenvalue weighted by atomic mass is 10.0. The Hall–Kier alpha value is -2.55. The van der Waals surface area contributed by atoms with Crippen molar-refractivity contribution in [3.63, 3.8) is 0 Å². The number of carbonyl (C=O) groups is 1. The molecule has 1 amide bonds. The molecule has 0 spiro atoms. The van der Waals surface area contributed by atoms with E-state index in [1.807, 2.05) is 32.0 Å². The van der Waals surface area contributed by atoms with Crippen LogP contribution in [0.5, 0.6) is 0 Å². The van der Waals surface area contributed by atoms with Crippen LogP contribution in [0.1, 0.15) is 50.3 Å². The number of benzene rings is 1. The predicted molar refractivity (Wildman–Crippen MR) is 109 cm³/mol. The molecule has 1 fully saturated rings. The number of nitrogens with one attached hydrogen (secondary N) is 3. The Morgan fingerprint density at radius 2 is 2.10 bits per heavy atom. The highest BCUT2D eigenvalue weighted by molar-refractivity contribution is 7.91. The number of ether oxygens (including phenoxy) is 1. The van der Waals surface area contributed by atoms with Crippen LogP contribution in [0, 0.1) is 0 Å². The van der Waals surface area contributed by atoms with Gasteiger partial charge in [-0.05, 0) is 57.2 Å². The first kappa shape index (κ1) is 19.8. The zero-order valence-corrected chi connectivity index (χ0v) is 17.4. The maximum absolute atomic E-state index is 12.1. The third kappa shape index (κ3) is 4.39. The van der Waals surface area contributed by atoms with Crippen molar-refractivity contribution in [3.8, 4) is 0 Å². The van der Waals surface area contributed by atoms with Gasteiger partial charge in [-0.25, -0.2) is 13.2 Å². The summed E-state index contributed by atoms with van der Waals surface area (Å²) in [4.78, 5) is 12.2. The molecule has 1 aliphatic heterocycles. The van der Waals surface area contributed by atoms with E-state index < -0.39 is 9.84 Å². The summed E-state index contributed by atoms with van der Waals surface area (Å²) < 4.78 is 29.7. The minimum Gasteiger partial charge on any atom is -0.446 e. The molecule has 156 valence electrons. The third-order valence-corrected chi connectivity index (χ3v) is 7.21. The van der Waals surface area contributed by atoms with Crippen LogP contribution in [0.25, 0.3) is 0 Å². The number of hydrogen-bond acceptors (Lipinski definition) is 6. The van der Waals surface area contributed by atoms with Gasteiger partial charge in [-0.15, -0.1) is 0 Å². The van der Waals surface area contributed by atoms with Crippen molar-refractivity contribution in [1.82, 2.24) is 15.5 Å². The molecule has 2 heterocycles. The summed E-state index contributed by atoms with van der Waals surface area (Å²) in [7, 11) is -3.17. The summed E-state index contributed by atoms with van der Waals surface area (Å²) >= 11 is 0. The molecular weight excluding hydrogens is 392 g/mol. The molecule has 0 saturated heterocycles. The second kappa shape index (κ2) is 7.70. The lowest BCUT2D eigenvalue weighted by Crippen LogP contribution is -2.33. The molecule has 3 N–H and O–H groups in total. The minimum atomic E-state index is -3.17. The van der Waals surface area contributed by atoms with Crippen molar-refractivity contribution in [3.05, 3.63) is 35.5 Å². The zero-order chi connectivity index (χ0) is 20.6. The van der Waals surface area contributed by atoms with Crippen molar-refractivity contribution in [1.29, 1.82) is 0 Å². The predicted octanol–water partition coefficient (Wildman–Crippen LogP) is 3.25. The Morgan fingerprint density at radius 3 is 2.90 bits per heavy atom. The molecule has 0 unspecified atom stereocenters. The smallest absolute Gasteiger partial charge is 0.407 e. The average molecular weight is 419 g/mol. The number of rotatable bonds is 5. The Bertz CT molecular complexity index is 1020. The summed E-state index contributed by atoms with van der Waals surface area (Å²) in [6.45, 7) is 3.79. The van der Waals surface area contributed by atoms with Crippen molar-refractivity contribution >= 4 is 27.4 Å². The summed E-state index contributed by atoms with van der Waals surface area (Å²) in [5, 5.41) is 13.3. The van der Waals surface area contributed by atoms with Crippen molar-refractivity contribution in [2.75, 3.05) is 11.1 Å². The van der Waals surface area contributed by atoms with Gasteiger partial charge >= 0.3 is 6.09 Å². The van der Waals surface area contributed by atoms with E-state index in [1.54, 1.807) is 6.07 Å². The van der Waals surface area contributed by atoms with Gasteiger partial charge in [0.1, 0.15) is 6.10 Å². The molecule has 29 heavy (non-hydrogen) atoms. The highest BCUT2D eigenvalue weighted by Crippen LogP contribution is 2.36.